The third kappa shape index (κ3) is 2.32. The van der Waals surface area contributed by atoms with E-state index in [2.05, 4.69) is 0 Å². The van der Waals surface area contributed by atoms with Crippen LogP contribution in [0.25, 0.3) is 0 Å². The fourth-order valence-corrected chi connectivity index (χ4v) is 0.692. The van der Waals surface area contributed by atoms with Gasteiger partial charge in [0, 0.05) is 25.2 Å². The van der Waals surface area contributed by atoms with E-state index in [1.54, 1.807) is 18.2 Å². The first-order chi connectivity index (χ1) is 4.72. The van der Waals surface area contributed by atoms with Gasteiger partial charge in [-0.2, -0.15) is 0 Å². The molecule has 1 aromatic carbocycles. The van der Waals surface area contributed by atoms with Gasteiger partial charge in [0.25, 0.3) is 0 Å². The quantitative estimate of drug-likeness (QED) is 0.567. The Morgan fingerprint density at radius 2 is 1.91 bits per heavy atom. The molecule has 11 heavy (non-hydrogen) atoms. The van der Waals surface area contributed by atoms with E-state index in [4.69, 9.17) is 10.8 Å². The molecule has 0 aromatic heterocycles. The molecule has 3 N–H and O–H groups in total. The van der Waals surface area contributed by atoms with E-state index in [9.17, 15) is 4.79 Å². The van der Waals surface area contributed by atoms with Crippen molar-refractivity contribution in [1.29, 1.82) is 0 Å². The molecule has 1 radical (unpaired) electrons. The minimum Gasteiger partial charge on any atom is -0.478 e. The summed E-state index contributed by atoms with van der Waals surface area (Å²) in [5.74, 6) is -0.988. The van der Waals surface area contributed by atoms with Crippen LogP contribution < -0.4 is 5.73 Å². The summed E-state index contributed by atoms with van der Waals surface area (Å²) in [7, 11) is 0. The zero-order valence-electron chi connectivity index (χ0n) is 5.58. The number of anilines is 1. The summed E-state index contributed by atoms with van der Waals surface area (Å²) in [6.45, 7) is 0. The average molecular weight is 240 g/mol. The molecule has 0 aliphatic carbocycles. The van der Waals surface area contributed by atoms with Crippen molar-refractivity contribution in [2.45, 2.75) is 0 Å². The van der Waals surface area contributed by atoms with Crippen molar-refractivity contribution in [3.8, 4) is 0 Å². The van der Waals surface area contributed by atoms with Gasteiger partial charge in [-0.1, -0.05) is 12.1 Å². The molecule has 0 saturated heterocycles. The molecule has 0 spiro atoms. The van der Waals surface area contributed by atoms with E-state index in [1.165, 1.54) is 6.07 Å². The predicted octanol–water partition coefficient (Wildman–Crippen LogP) is 0.965. The number of nitrogen functional groups attached to an aromatic ring is 1. The number of nitrogens with two attached hydrogens (primary N) is 1. The third-order valence-electron chi connectivity index (χ3n) is 1.19. The van der Waals surface area contributed by atoms with Crippen LogP contribution in [0.4, 0.5) is 5.69 Å². The number of carboxylic acids is 1. The van der Waals surface area contributed by atoms with Crippen molar-refractivity contribution in [2.75, 3.05) is 5.73 Å². The van der Waals surface area contributed by atoms with Crippen molar-refractivity contribution >= 4 is 11.7 Å². The number of para-hydroxylation sites is 1. The Bertz CT molecular complexity index is 262. The molecule has 0 saturated carbocycles. The molecule has 0 aliphatic rings. The molecule has 1 rings (SSSR count). The molecule has 1 aromatic rings. The summed E-state index contributed by atoms with van der Waals surface area (Å²) in [4.78, 5) is 10.3. The van der Waals surface area contributed by atoms with Crippen LogP contribution in [0.1, 0.15) is 10.4 Å². The Kier molecular flexibility index (Phi) is 3.76. The van der Waals surface area contributed by atoms with Crippen LogP contribution in [0.3, 0.4) is 0 Å². The van der Waals surface area contributed by atoms with Gasteiger partial charge in [-0.25, -0.2) is 4.79 Å². The van der Waals surface area contributed by atoms with Crippen molar-refractivity contribution in [3.63, 3.8) is 0 Å². The standard InChI is InChI=1S/C7H7NO2.Rh/c8-6-4-2-1-3-5(6)7(9)10;/h1-4H,8H2,(H,9,10);. The summed E-state index contributed by atoms with van der Waals surface area (Å²) in [5.41, 5.74) is 5.80. The van der Waals surface area contributed by atoms with Crippen LogP contribution in [0, 0.1) is 0 Å². The van der Waals surface area contributed by atoms with Crippen LogP contribution in [0.2, 0.25) is 0 Å². The number of carbonyl (C=O) groups is 1. The van der Waals surface area contributed by atoms with Crippen LogP contribution in [0.5, 0.6) is 0 Å². The average Bonchev–Trinajstić information content (AvgIpc) is 1.88. The fraction of sp³-hybridized carbons (Fsp3) is 0. The maximum absolute atomic E-state index is 10.3. The van der Waals surface area contributed by atoms with Gasteiger partial charge in [0.05, 0.1) is 5.56 Å². The van der Waals surface area contributed by atoms with Gasteiger partial charge in [0.1, 0.15) is 0 Å². The minimum absolute atomic E-state index is 0. The fourth-order valence-electron chi connectivity index (χ4n) is 0.692. The second kappa shape index (κ2) is 4.09. The first kappa shape index (κ1) is 10.1. The SMILES string of the molecule is Nc1ccccc1C(=O)O.[Rh]. The van der Waals surface area contributed by atoms with Crippen LogP contribution in [-0.4, -0.2) is 11.1 Å². The first-order valence-electron chi connectivity index (χ1n) is 2.79. The second-order valence-corrected chi connectivity index (χ2v) is 1.89. The van der Waals surface area contributed by atoms with Gasteiger partial charge in [-0.3, -0.25) is 0 Å². The number of benzene rings is 1. The molecule has 0 atom stereocenters. The van der Waals surface area contributed by atoms with E-state index in [0.717, 1.165) is 0 Å². The van der Waals surface area contributed by atoms with Crippen molar-refractivity contribution in [3.05, 3.63) is 29.8 Å². The van der Waals surface area contributed by atoms with Crippen molar-refractivity contribution in [1.82, 2.24) is 0 Å². The minimum atomic E-state index is -0.988. The van der Waals surface area contributed by atoms with E-state index in [0.29, 0.717) is 5.69 Å². The first-order valence-corrected chi connectivity index (χ1v) is 2.79. The zero-order valence-corrected chi connectivity index (χ0v) is 7.21. The third-order valence-corrected chi connectivity index (χ3v) is 1.19. The summed E-state index contributed by atoms with van der Waals surface area (Å²) in [5, 5.41) is 8.49. The van der Waals surface area contributed by atoms with E-state index < -0.39 is 5.97 Å². The molecular weight excluding hydrogens is 233 g/mol. The van der Waals surface area contributed by atoms with E-state index >= 15 is 0 Å². The monoisotopic (exact) mass is 240 g/mol. The maximum atomic E-state index is 10.3. The molecule has 0 aliphatic heterocycles. The molecule has 0 heterocycles. The Balaban J connectivity index is 0.000001000. The Morgan fingerprint density at radius 1 is 1.36 bits per heavy atom. The number of aromatic carboxylic acids is 1. The largest absolute Gasteiger partial charge is 0.478 e. The predicted molar refractivity (Wildman–Crippen MR) is 37.8 cm³/mol. The molecule has 61 valence electrons. The maximum Gasteiger partial charge on any atom is 0.337 e. The summed E-state index contributed by atoms with van der Waals surface area (Å²) < 4.78 is 0. The van der Waals surface area contributed by atoms with Crippen LogP contribution >= 0.6 is 0 Å². The zero-order chi connectivity index (χ0) is 7.56. The van der Waals surface area contributed by atoms with Crippen LogP contribution in [-0.2, 0) is 19.5 Å². The van der Waals surface area contributed by atoms with E-state index in [1.807, 2.05) is 0 Å². The Labute approximate surface area is 77.0 Å². The van der Waals surface area contributed by atoms with Gasteiger partial charge in [-0.15, -0.1) is 0 Å². The van der Waals surface area contributed by atoms with Crippen molar-refractivity contribution in [2.24, 2.45) is 0 Å². The smallest absolute Gasteiger partial charge is 0.337 e. The molecule has 3 nitrogen and oxygen atoms in total. The van der Waals surface area contributed by atoms with Gasteiger partial charge in [0.15, 0.2) is 0 Å². The number of rotatable bonds is 1. The Morgan fingerprint density at radius 3 is 2.27 bits per heavy atom. The number of carboxylic acid groups (broad SMARTS) is 1. The summed E-state index contributed by atoms with van der Waals surface area (Å²) >= 11 is 0. The molecule has 0 fully saturated rings. The van der Waals surface area contributed by atoms with Gasteiger partial charge < -0.3 is 10.8 Å². The molecule has 0 bridgehead atoms. The van der Waals surface area contributed by atoms with Crippen LogP contribution in [0.15, 0.2) is 24.3 Å². The second-order valence-electron chi connectivity index (χ2n) is 1.89. The van der Waals surface area contributed by atoms with E-state index in [-0.39, 0.29) is 25.0 Å². The molecule has 0 unspecified atom stereocenters. The number of hydrogen-bond donors (Lipinski definition) is 2. The van der Waals surface area contributed by atoms with Gasteiger partial charge >= 0.3 is 5.97 Å². The van der Waals surface area contributed by atoms with Crippen molar-refractivity contribution < 1.29 is 29.4 Å². The van der Waals surface area contributed by atoms with Gasteiger partial charge in [0.2, 0.25) is 0 Å². The molecular formula is C7H7NO2Rh. The normalized spacial score (nSPS) is 8.36. The molecule has 4 heteroatoms. The summed E-state index contributed by atoms with van der Waals surface area (Å²) in [6, 6.07) is 6.36. The Hall–Kier alpha value is -0.887. The van der Waals surface area contributed by atoms with Gasteiger partial charge in [-0.05, 0) is 12.1 Å². The summed E-state index contributed by atoms with van der Waals surface area (Å²) in [6.07, 6.45) is 0. The number of hydrogen-bond acceptors (Lipinski definition) is 2. The molecule has 0 amide bonds. The topological polar surface area (TPSA) is 63.3 Å².